The van der Waals surface area contributed by atoms with Crippen molar-refractivity contribution in [3.8, 4) is 11.5 Å². The van der Waals surface area contributed by atoms with Gasteiger partial charge in [0.15, 0.2) is 0 Å². The van der Waals surface area contributed by atoms with Gasteiger partial charge in [0.1, 0.15) is 11.5 Å². The third kappa shape index (κ3) is 3.85. The monoisotopic (exact) mass is 283 g/mol. The molecule has 1 atom stereocenters. The number of nitrogens with two attached hydrogens (primary N) is 1. The average molecular weight is 283 g/mol. The average Bonchev–Trinajstić information content (AvgIpc) is 2.40. The predicted molar refractivity (Wildman–Crippen MR) is 89.0 cm³/mol. The molecule has 0 heterocycles. The van der Waals surface area contributed by atoms with E-state index in [9.17, 15) is 0 Å². The molecule has 2 N–H and O–H groups in total. The van der Waals surface area contributed by atoms with E-state index in [4.69, 9.17) is 10.5 Å². The summed E-state index contributed by atoms with van der Waals surface area (Å²) in [5, 5.41) is 0. The van der Waals surface area contributed by atoms with Gasteiger partial charge in [-0.05, 0) is 54.2 Å². The van der Waals surface area contributed by atoms with Crippen LogP contribution in [0.5, 0.6) is 11.5 Å². The summed E-state index contributed by atoms with van der Waals surface area (Å²) < 4.78 is 5.97. The number of hydrogen-bond donors (Lipinski definition) is 1. The predicted octanol–water partition coefficient (Wildman–Crippen LogP) is 5.10. The molecule has 0 saturated carbocycles. The first-order valence-corrected chi connectivity index (χ1v) is 7.42. The summed E-state index contributed by atoms with van der Waals surface area (Å²) in [5.74, 6) is 1.74. The van der Waals surface area contributed by atoms with E-state index >= 15 is 0 Å². The molecule has 112 valence electrons. The van der Waals surface area contributed by atoms with Gasteiger partial charge in [-0.15, -0.1) is 0 Å². The highest BCUT2D eigenvalue weighted by Crippen LogP contribution is 2.30. The highest BCUT2D eigenvalue weighted by atomic mass is 16.5. The maximum Gasteiger partial charge on any atom is 0.130 e. The van der Waals surface area contributed by atoms with Crippen LogP contribution in [-0.2, 0) is 5.41 Å². The zero-order chi connectivity index (χ0) is 15.6. The maximum absolute atomic E-state index is 5.97. The van der Waals surface area contributed by atoms with E-state index in [0.717, 1.165) is 22.6 Å². The van der Waals surface area contributed by atoms with Crippen LogP contribution < -0.4 is 10.5 Å². The first-order valence-electron chi connectivity index (χ1n) is 7.42. The lowest BCUT2D eigenvalue weighted by atomic mass is 9.86. The molecule has 0 amide bonds. The number of aryl methyl sites for hydroxylation is 1. The molecule has 0 spiro atoms. The SMILES string of the molecule is Cc1cc(C(C)(C)C)ccc1Oc1ccc(C(C)N)cc1. The van der Waals surface area contributed by atoms with Crippen LogP contribution in [-0.4, -0.2) is 0 Å². The van der Waals surface area contributed by atoms with Crippen molar-refractivity contribution in [3.05, 3.63) is 59.2 Å². The Kier molecular flexibility index (Phi) is 4.38. The van der Waals surface area contributed by atoms with E-state index in [-0.39, 0.29) is 11.5 Å². The molecule has 0 fully saturated rings. The summed E-state index contributed by atoms with van der Waals surface area (Å²) in [4.78, 5) is 0. The van der Waals surface area contributed by atoms with Gasteiger partial charge in [0.2, 0.25) is 0 Å². The first-order chi connectivity index (χ1) is 9.77. The molecule has 2 nitrogen and oxygen atoms in total. The maximum atomic E-state index is 5.97. The minimum atomic E-state index is 0.0480. The normalized spacial score (nSPS) is 13.0. The third-order valence-corrected chi connectivity index (χ3v) is 3.67. The second-order valence-electron chi connectivity index (χ2n) is 6.69. The second-order valence-corrected chi connectivity index (χ2v) is 6.69. The van der Waals surface area contributed by atoms with E-state index in [0.29, 0.717) is 0 Å². The lowest BCUT2D eigenvalue weighted by Crippen LogP contribution is -2.11. The number of hydrogen-bond acceptors (Lipinski definition) is 2. The smallest absolute Gasteiger partial charge is 0.130 e. The Labute approximate surface area is 127 Å². The Morgan fingerprint density at radius 1 is 1.00 bits per heavy atom. The summed E-state index contributed by atoms with van der Waals surface area (Å²) >= 11 is 0. The molecule has 0 aliphatic rings. The van der Waals surface area contributed by atoms with E-state index in [1.54, 1.807) is 0 Å². The van der Waals surface area contributed by atoms with Crippen molar-refractivity contribution in [2.24, 2.45) is 5.73 Å². The van der Waals surface area contributed by atoms with Crippen LogP contribution >= 0.6 is 0 Å². The van der Waals surface area contributed by atoms with Crippen LogP contribution in [0, 0.1) is 6.92 Å². The van der Waals surface area contributed by atoms with Crippen molar-refractivity contribution in [2.75, 3.05) is 0 Å². The van der Waals surface area contributed by atoms with E-state index in [2.05, 4.69) is 45.9 Å². The topological polar surface area (TPSA) is 35.2 Å². The van der Waals surface area contributed by atoms with E-state index in [1.807, 2.05) is 31.2 Å². The van der Waals surface area contributed by atoms with Crippen LogP contribution in [0.15, 0.2) is 42.5 Å². The van der Waals surface area contributed by atoms with Gasteiger partial charge >= 0.3 is 0 Å². The Balaban J connectivity index is 2.20. The van der Waals surface area contributed by atoms with Crippen LogP contribution in [0.3, 0.4) is 0 Å². The van der Waals surface area contributed by atoms with Crippen LogP contribution in [0.25, 0.3) is 0 Å². The summed E-state index contributed by atoms with van der Waals surface area (Å²) in [7, 11) is 0. The number of rotatable bonds is 3. The Morgan fingerprint density at radius 3 is 2.10 bits per heavy atom. The molecule has 21 heavy (non-hydrogen) atoms. The highest BCUT2D eigenvalue weighted by Gasteiger charge is 2.15. The van der Waals surface area contributed by atoms with Crippen molar-refractivity contribution < 1.29 is 4.74 Å². The quantitative estimate of drug-likeness (QED) is 0.850. The molecule has 2 heteroatoms. The van der Waals surface area contributed by atoms with Gasteiger partial charge in [-0.2, -0.15) is 0 Å². The lowest BCUT2D eigenvalue weighted by molar-refractivity contribution is 0.477. The zero-order valence-corrected chi connectivity index (χ0v) is 13.6. The molecule has 2 aromatic carbocycles. The van der Waals surface area contributed by atoms with Crippen molar-refractivity contribution in [1.82, 2.24) is 0 Å². The van der Waals surface area contributed by atoms with Crippen molar-refractivity contribution in [1.29, 1.82) is 0 Å². The van der Waals surface area contributed by atoms with Gasteiger partial charge in [-0.1, -0.05) is 45.0 Å². The molecular weight excluding hydrogens is 258 g/mol. The number of benzene rings is 2. The summed E-state index contributed by atoms with van der Waals surface area (Å²) in [6, 6.07) is 14.4. The molecule has 0 aromatic heterocycles. The molecular formula is C19H25NO. The van der Waals surface area contributed by atoms with Gasteiger partial charge in [0.25, 0.3) is 0 Å². The molecule has 0 saturated heterocycles. The summed E-state index contributed by atoms with van der Waals surface area (Å²) in [6.45, 7) is 10.7. The molecule has 0 radical (unpaired) electrons. The fraction of sp³-hybridized carbons (Fsp3) is 0.368. The summed E-state index contributed by atoms with van der Waals surface area (Å²) in [6.07, 6.45) is 0. The number of ether oxygens (including phenoxy) is 1. The van der Waals surface area contributed by atoms with Gasteiger partial charge in [0.05, 0.1) is 0 Å². The minimum Gasteiger partial charge on any atom is -0.457 e. The molecule has 0 aliphatic heterocycles. The molecule has 0 aliphatic carbocycles. The third-order valence-electron chi connectivity index (χ3n) is 3.67. The molecule has 2 aromatic rings. The summed E-state index contributed by atoms with van der Waals surface area (Å²) in [5.41, 5.74) is 9.60. The second kappa shape index (κ2) is 5.90. The Bertz CT molecular complexity index is 606. The van der Waals surface area contributed by atoms with Crippen molar-refractivity contribution >= 4 is 0 Å². The Morgan fingerprint density at radius 2 is 1.62 bits per heavy atom. The largest absolute Gasteiger partial charge is 0.457 e. The van der Waals surface area contributed by atoms with Crippen LogP contribution in [0.4, 0.5) is 0 Å². The molecule has 1 unspecified atom stereocenters. The zero-order valence-electron chi connectivity index (χ0n) is 13.6. The van der Waals surface area contributed by atoms with E-state index in [1.165, 1.54) is 5.56 Å². The van der Waals surface area contributed by atoms with Gasteiger partial charge in [-0.3, -0.25) is 0 Å². The highest BCUT2D eigenvalue weighted by molar-refractivity contribution is 5.42. The fourth-order valence-electron chi connectivity index (χ4n) is 2.20. The van der Waals surface area contributed by atoms with Crippen molar-refractivity contribution in [3.63, 3.8) is 0 Å². The van der Waals surface area contributed by atoms with Gasteiger partial charge < -0.3 is 10.5 Å². The standard InChI is InChI=1S/C19H25NO/c1-13-12-16(19(3,4)5)8-11-18(13)21-17-9-6-15(7-10-17)14(2)20/h6-12,14H,20H2,1-5H3. The van der Waals surface area contributed by atoms with Crippen LogP contribution in [0.2, 0.25) is 0 Å². The Hall–Kier alpha value is -1.80. The van der Waals surface area contributed by atoms with Crippen LogP contribution in [0.1, 0.15) is 50.4 Å². The molecule has 2 rings (SSSR count). The molecule has 0 bridgehead atoms. The minimum absolute atomic E-state index is 0.0480. The first kappa shape index (κ1) is 15.6. The fourth-order valence-corrected chi connectivity index (χ4v) is 2.20. The lowest BCUT2D eigenvalue weighted by Gasteiger charge is -2.20. The van der Waals surface area contributed by atoms with Gasteiger partial charge in [-0.25, -0.2) is 0 Å². The van der Waals surface area contributed by atoms with Crippen molar-refractivity contribution in [2.45, 2.75) is 46.1 Å². The van der Waals surface area contributed by atoms with E-state index < -0.39 is 0 Å². The van der Waals surface area contributed by atoms with Gasteiger partial charge in [0, 0.05) is 6.04 Å².